The molecular weight excluding hydrogens is 270 g/mol. The SMILES string of the molecule is Cn1cccc1CN1CCN(C(=O)c2cccs2)CC1. The van der Waals surface area contributed by atoms with Gasteiger partial charge in [0.25, 0.3) is 5.91 Å². The van der Waals surface area contributed by atoms with E-state index in [-0.39, 0.29) is 5.91 Å². The van der Waals surface area contributed by atoms with Crippen LogP contribution >= 0.6 is 11.3 Å². The molecule has 0 aromatic carbocycles. The van der Waals surface area contributed by atoms with Gasteiger partial charge in [0.1, 0.15) is 0 Å². The van der Waals surface area contributed by atoms with Gasteiger partial charge in [0.05, 0.1) is 4.88 Å². The number of amides is 1. The van der Waals surface area contributed by atoms with Crippen molar-refractivity contribution >= 4 is 17.2 Å². The summed E-state index contributed by atoms with van der Waals surface area (Å²) in [6.45, 7) is 4.50. The summed E-state index contributed by atoms with van der Waals surface area (Å²) in [6.07, 6.45) is 2.08. The van der Waals surface area contributed by atoms with Crippen LogP contribution in [-0.2, 0) is 13.6 Å². The second-order valence-corrected chi connectivity index (χ2v) is 6.10. The summed E-state index contributed by atoms with van der Waals surface area (Å²) in [4.78, 5) is 17.5. The van der Waals surface area contributed by atoms with Crippen LogP contribution < -0.4 is 0 Å². The Balaban J connectivity index is 1.55. The van der Waals surface area contributed by atoms with E-state index >= 15 is 0 Å². The molecule has 1 saturated heterocycles. The quantitative estimate of drug-likeness (QED) is 0.865. The Morgan fingerprint density at radius 2 is 2.00 bits per heavy atom. The average molecular weight is 289 g/mol. The Morgan fingerprint density at radius 1 is 1.20 bits per heavy atom. The van der Waals surface area contributed by atoms with E-state index in [1.54, 1.807) is 0 Å². The average Bonchev–Trinajstić information content (AvgIpc) is 3.12. The number of hydrogen-bond acceptors (Lipinski definition) is 3. The number of aryl methyl sites for hydroxylation is 1. The number of piperazine rings is 1. The van der Waals surface area contributed by atoms with Crippen LogP contribution in [0.3, 0.4) is 0 Å². The Labute approximate surface area is 123 Å². The number of hydrogen-bond donors (Lipinski definition) is 0. The van der Waals surface area contributed by atoms with E-state index in [0.29, 0.717) is 0 Å². The fraction of sp³-hybridized carbons (Fsp3) is 0.400. The molecule has 0 atom stereocenters. The van der Waals surface area contributed by atoms with Gasteiger partial charge in [-0.05, 0) is 23.6 Å². The summed E-state index contributed by atoms with van der Waals surface area (Å²) in [5, 5.41) is 1.96. The Bertz CT molecular complexity index is 568. The largest absolute Gasteiger partial charge is 0.353 e. The first-order valence-electron chi connectivity index (χ1n) is 6.89. The van der Waals surface area contributed by atoms with Gasteiger partial charge in [0, 0.05) is 51.7 Å². The van der Waals surface area contributed by atoms with Crippen LogP contribution in [0, 0.1) is 0 Å². The predicted molar refractivity (Wildman–Crippen MR) is 80.9 cm³/mol. The Hall–Kier alpha value is -1.59. The molecule has 20 heavy (non-hydrogen) atoms. The van der Waals surface area contributed by atoms with Crippen molar-refractivity contribution in [3.63, 3.8) is 0 Å². The minimum Gasteiger partial charge on any atom is -0.353 e. The fourth-order valence-corrected chi connectivity index (χ4v) is 3.25. The van der Waals surface area contributed by atoms with E-state index in [0.717, 1.165) is 37.6 Å². The fourth-order valence-electron chi connectivity index (χ4n) is 2.56. The first-order valence-corrected chi connectivity index (χ1v) is 7.77. The van der Waals surface area contributed by atoms with E-state index in [4.69, 9.17) is 0 Å². The topological polar surface area (TPSA) is 28.5 Å². The summed E-state index contributed by atoms with van der Waals surface area (Å²) in [5.74, 6) is 0.179. The standard InChI is InChI=1S/C15H19N3OS/c1-16-6-2-4-13(16)12-17-7-9-18(10-8-17)15(19)14-5-3-11-20-14/h2-6,11H,7-10,12H2,1H3. The third kappa shape index (κ3) is 2.78. The molecule has 1 fully saturated rings. The molecule has 3 rings (SSSR count). The summed E-state index contributed by atoms with van der Waals surface area (Å²) in [5.41, 5.74) is 1.32. The summed E-state index contributed by atoms with van der Waals surface area (Å²) >= 11 is 1.52. The summed E-state index contributed by atoms with van der Waals surface area (Å²) in [6, 6.07) is 8.07. The molecule has 3 heterocycles. The normalized spacial score (nSPS) is 16.6. The minimum atomic E-state index is 0.179. The molecule has 1 amide bonds. The highest BCUT2D eigenvalue weighted by Gasteiger charge is 2.22. The van der Waals surface area contributed by atoms with E-state index in [2.05, 4.69) is 34.8 Å². The van der Waals surface area contributed by atoms with Crippen LogP contribution in [-0.4, -0.2) is 46.5 Å². The number of thiophene rings is 1. The van der Waals surface area contributed by atoms with Crippen molar-refractivity contribution in [1.29, 1.82) is 0 Å². The first-order chi connectivity index (χ1) is 9.74. The van der Waals surface area contributed by atoms with E-state index < -0.39 is 0 Å². The lowest BCUT2D eigenvalue weighted by atomic mass is 10.2. The van der Waals surface area contributed by atoms with Crippen molar-refractivity contribution in [3.05, 3.63) is 46.4 Å². The number of rotatable bonds is 3. The van der Waals surface area contributed by atoms with E-state index in [9.17, 15) is 4.79 Å². The Kier molecular flexibility index (Phi) is 3.89. The van der Waals surface area contributed by atoms with Gasteiger partial charge in [-0.25, -0.2) is 0 Å². The molecule has 2 aromatic heterocycles. The van der Waals surface area contributed by atoms with Crippen LogP contribution in [0.15, 0.2) is 35.8 Å². The third-order valence-electron chi connectivity index (χ3n) is 3.83. The van der Waals surface area contributed by atoms with Gasteiger partial charge in [-0.1, -0.05) is 6.07 Å². The van der Waals surface area contributed by atoms with Gasteiger partial charge in [-0.2, -0.15) is 0 Å². The molecule has 0 bridgehead atoms. The van der Waals surface area contributed by atoms with E-state index in [1.807, 2.05) is 22.4 Å². The zero-order chi connectivity index (χ0) is 13.9. The maximum Gasteiger partial charge on any atom is 0.264 e. The predicted octanol–water partition coefficient (Wildman–Crippen LogP) is 2.04. The number of nitrogens with zero attached hydrogens (tertiary/aromatic N) is 3. The van der Waals surface area contributed by atoms with Gasteiger partial charge >= 0.3 is 0 Å². The van der Waals surface area contributed by atoms with Gasteiger partial charge in [0.2, 0.25) is 0 Å². The molecule has 0 unspecified atom stereocenters. The van der Waals surface area contributed by atoms with Gasteiger partial charge in [-0.3, -0.25) is 9.69 Å². The van der Waals surface area contributed by atoms with E-state index in [1.165, 1.54) is 17.0 Å². The van der Waals surface area contributed by atoms with Crippen molar-refractivity contribution in [3.8, 4) is 0 Å². The maximum absolute atomic E-state index is 12.3. The summed E-state index contributed by atoms with van der Waals surface area (Å²) < 4.78 is 2.16. The van der Waals surface area contributed by atoms with Crippen molar-refractivity contribution in [2.24, 2.45) is 7.05 Å². The zero-order valence-electron chi connectivity index (χ0n) is 11.7. The number of carbonyl (C=O) groups is 1. The lowest BCUT2D eigenvalue weighted by Gasteiger charge is -2.34. The molecule has 4 nitrogen and oxygen atoms in total. The smallest absolute Gasteiger partial charge is 0.264 e. The molecule has 2 aromatic rings. The lowest BCUT2D eigenvalue weighted by molar-refractivity contribution is 0.0630. The summed E-state index contributed by atoms with van der Waals surface area (Å²) in [7, 11) is 2.08. The molecule has 0 saturated carbocycles. The second-order valence-electron chi connectivity index (χ2n) is 5.16. The molecule has 0 radical (unpaired) electrons. The van der Waals surface area contributed by atoms with Gasteiger partial charge < -0.3 is 9.47 Å². The first kappa shape index (κ1) is 13.4. The maximum atomic E-state index is 12.3. The van der Waals surface area contributed by atoms with Gasteiger partial charge in [-0.15, -0.1) is 11.3 Å². The van der Waals surface area contributed by atoms with Crippen LogP contribution in [0.2, 0.25) is 0 Å². The minimum absolute atomic E-state index is 0.179. The van der Waals surface area contributed by atoms with Crippen molar-refractivity contribution in [1.82, 2.24) is 14.4 Å². The molecule has 0 aliphatic carbocycles. The highest BCUT2D eigenvalue weighted by molar-refractivity contribution is 7.12. The molecule has 106 valence electrons. The molecule has 1 aliphatic rings. The van der Waals surface area contributed by atoms with Crippen LogP contribution in [0.1, 0.15) is 15.4 Å². The number of aromatic nitrogens is 1. The van der Waals surface area contributed by atoms with Crippen LogP contribution in [0.4, 0.5) is 0 Å². The molecular formula is C15H19N3OS. The van der Waals surface area contributed by atoms with Crippen molar-refractivity contribution in [2.75, 3.05) is 26.2 Å². The zero-order valence-corrected chi connectivity index (χ0v) is 12.5. The third-order valence-corrected chi connectivity index (χ3v) is 4.69. The highest BCUT2D eigenvalue weighted by atomic mass is 32.1. The lowest BCUT2D eigenvalue weighted by Crippen LogP contribution is -2.48. The van der Waals surface area contributed by atoms with Crippen molar-refractivity contribution in [2.45, 2.75) is 6.54 Å². The van der Waals surface area contributed by atoms with Crippen LogP contribution in [0.5, 0.6) is 0 Å². The number of carbonyl (C=O) groups excluding carboxylic acids is 1. The van der Waals surface area contributed by atoms with Crippen molar-refractivity contribution < 1.29 is 4.79 Å². The molecule has 0 spiro atoms. The van der Waals surface area contributed by atoms with Crippen LogP contribution in [0.25, 0.3) is 0 Å². The molecule has 1 aliphatic heterocycles. The molecule has 0 N–H and O–H groups in total. The second kappa shape index (κ2) is 5.81. The van der Waals surface area contributed by atoms with Gasteiger partial charge in [0.15, 0.2) is 0 Å². The molecule has 5 heteroatoms. The Morgan fingerprint density at radius 3 is 2.60 bits per heavy atom. The highest BCUT2D eigenvalue weighted by Crippen LogP contribution is 2.15. The monoisotopic (exact) mass is 289 g/mol.